The summed E-state index contributed by atoms with van der Waals surface area (Å²) in [5.74, 6) is 2.23. The maximum absolute atomic E-state index is 12.7. The summed E-state index contributed by atoms with van der Waals surface area (Å²) in [4.78, 5) is 21.5. The first-order valence-corrected chi connectivity index (χ1v) is 13.2. The summed E-state index contributed by atoms with van der Waals surface area (Å²) in [5.41, 5.74) is 8.74. The van der Waals surface area contributed by atoms with Crippen LogP contribution in [0.4, 0.5) is 5.82 Å². The number of amides is 1. The summed E-state index contributed by atoms with van der Waals surface area (Å²) < 4.78 is 7.94. The molecule has 1 unspecified atom stereocenters. The number of rotatable bonds is 8. The van der Waals surface area contributed by atoms with Crippen molar-refractivity contribution in [1.82, 2.24) is 30.4 Å². The molecule has 0 bridgehead atoms. The fourth-order valence-corrected chi connectivity index (χ4v) is 5.28. The van der Waals surface area contributed by atoms with Crippen molar-refractivity contribution < 1.29 is 9.53 Å². The molecule has 1 aliphatic carbocycles. The van der Waals surface area contributed by atoms with Crippen LogP contribution in [-0.4, -0.2) is 44.8 Å². The number of nitrogens with zero attached hydrogens (tertiary/aromatic N) is 4. The molecule has 0 aliphatic heterocycles. The molecule has 2 heterocycles. The number of anilines is 1. The molecule has 0 radical (unpaired) electrons. The number of ether oxygens (including phenoxy) is 1. The number of nitrogens with two attached hydrogens (primary N) is 1. The van der Waals surface area contributed by atoms with Gasteiger partial charge in [-0.15, -0.1) is 0 Å². The normalized spacial score (nSPS) is 18.4. The number of para-hydroxylation sites is 1. The van der Waals surface area contributed by atoms with E-state index in [1.54, 1.807) is 0 Å². The van der Waals surface area contributed by atoms with E-state index in [0.717, 1.165) is 59.5 Å². The highest BCUT2D eigenvalue weighted by molar-refractivity contribution is 5.98. The minimum Gasteiger partial charge on any atom is -0.457 e. The quantitative estimate of drug-likeness (QED) is 0.312. The standard InChI is InChI=1S/C29H35N7O2/c1-18(2)25(31-3)29(37)34-20-11-13-21(14-12-20)36-28-24(27(30)32-17-33-28)26(35-36)19-9-15-23(16-10-19)38-22-7-5-4-6-8-22/h4-10,15-18,20-21,25,31H,11-14H2,1-3H3,(H,34,37)(H2,30,32,33). The van der Waals surface area contributed by atoms with E-state index < -0.39 is 0 Å². The molecule has 1 saturated carbocycles. The molecule has 5 rings (SSSR count). The lowest BCUT2D eigenvalue weighted by Gasteiger charge is -2.31. The van der Waals surface area contributed by atoms with Crippen molar-refractivity contribution >= 4 is 22.8 Å². The Morgan fingerprint density at radius 1 is 1.00 bits per heavy atom. The average molecular weight is 514 g/mol. The predicted molar refractivity (Wildman–Crippen MR) is 149 cm³/mol. The van der Waals surface area contributed by atoms with E-state index >= 15 is 0 Å². The van der Waals surface area contributed by atoms with Crippen LogP contribution < -0.4 is 21.1 Å². The molecule has 2 aromatic carbocycles. The number of nitrogens with one attached hydrogen (secondary N) is 2. The number of nitrogen functional groups attached to an aromatic ring is 1. The van der Waals surface area contributed by atoms with Gasteiger partial charge in [-0.2, -0.15) is 5.10 Å². The van der Waals surface area contributed by atoms with E-state index in [0.29, 0.717) is 5.82 Å². The molecule has 2 aromatic heterocycles. The van der Waals surface area contributed by atoms with Gasteiger partial charge in [-0.25, -0.2) is 14.6 Å². The second-order valence-electron chi connectivity index (χ2n) is 10.2. The van der Waals surface area contributed by atoms with E-state index in [-0.39, 0.29) is 30.0 Å². The molecule has 0 saturated heterocycles. The molecule has 1 atom stereocenters. The van der Waals surface area contributed by atoms with Crippen molar-refractivity contribution in [3.63, 3.8) is 0 Å². The zero-order valence-corrected chi connectivity index (χ0v) is 22.1. The fraction of sp³-hybridized carbons (Fsp3) is 0.379. The second-order valence-corrected chi connectivity index (χ2v) is 10.2. The Morgan fingerprint density at radius 3 is 2.34 bits per heavy atom. The van der Waals surface area contributed by atoms with Gasteiger partial charge in [0.1, 0.15) is 29.3 Å². The van der Waals surface area contributed by atoms with Gasteiger partial charge in [-0.1, -0.05) is 32.0 Å². The predicted octanol–water partition coefficient (Wildman–Crippen LogP) is 4.71. The first-order valence-electron chi connectivity index (χ1n) is 13.2. The van der Waals surface area contributed by atoms with E-state index in [1.807, 2.05) is 66.3 Å². The molecule has 198 valence electrons. The molecule has 4 N–H and O–H groups in total. The Kier molecular flexibility index (Phi) is 7.55. The van der Waals surface area contributed by atoms with Gasteiger partial charge in [0.2, 0.25) is 5.91 Å². The number of aromatic nitrogens is 4. The topological polar surface area (TPSA) is 120 Å². The number of fused-ring (bicyclic) bond motifs is 1. The van der Waals surface area contributed by atoms with Crippen LogP contribution in [0.1, 0.15) is 45.6 Å². The van der Waals surface area contributed by atoms with Crippen LogP contribution in [0.5, 0.6) is 11.5 Å². The zero-order valence-electron chi connectivity index (χ0n) is 22.1. The number of hydrogen-bond donors (Lipinski definition) is 3. The highest BCUT2D eigenvalue weighted by atomic mass is 16.5. The van der Waals surface area contributed by atoms with Crippen molar-refractivity contribution in [3.05, 3.63) is 60.9 Å². The van der Waals surface area contributed by atoms with Crippen LogP contribution in [0, 0.1) is 5.92 Å². The minimum absolute atomic E-state index is 0.0676. The summed E-state index contributed by atoms with van der Waals surface area (Å²) in [6.45, 7) is 4.10. The van der Waals surface area contributed by atoms with E-state index in [2.05, 4.69) is 34.4 Å². The molecule has 9 nitrogen and oxygen atoms in total. The Balaban J connectivity index is 1.34. The molecular formula is C29H35N7O2. The van der Waals surface area contributed by atoms with Crippen LogP contribution in [-0.2, 0) is 4.79 Å². The first-order chi connectivity index (χ1) is 18.4. The number of carbonyl (C=O) groups excluding carboxylic acids is 1. The maximum Gasteiger partial charge on any atom is 0.237 e. The van der Waals surface area contributed by atoms with E-state index in [4.69, 9.17) is 15.6 Å². The van der Waals surface area contributed by atoms with Gasteiger partial charge in [-0.3, -0.25) is 4.79 Å². The lowest BCUT2D eigenvalue weighted by molar-refractivity contribution is -0.125. The summed E-state index contributed by atoms with van der Waals surface area (Å²) in [6.07, 6.45) is 5.04. The van der Waals surface area contributed by atoms with Gasteiger partial charge in [0.25, 0.3) is 0 Å². The van der Waals surface area contributed by atoms with Crippen molar-refractivity contribution in [1.29, 1.82) is 0 Å². The van der Waals surface area contributed by atoms with Crippen LogP contribution in [0.15, 0.2) is 60.9 Å². The molecule has 1 fully saturated rings. The van der Waals surface area contributed by atoms with Gasteiger partial charge in [0, 0.05) is 11.6 Å². The number of carbonyl (C=O) groups is 1. The largest absolute Gasteiger partial charge is 0.457 e. The summed E-state index contributed by atoms with van der Waals surface area (Å²) >= 11 is 0. The van der Waals surface area contributed by atoms with Crippen molar-refractivity contribution in [2.24, 2.45) is 5.92 Å². The highest BCUT2D eigenvalue weighted by Crippen LogP contribution is 2.36. The number of hydrogen-bond acceptors (Lipinski definition) is 7. The molecule has 4 aromatic rings. The van der Waals surface area contributed by atoms with Crippen molar-refractivity contribution in [3.8, 4) is 22.8 Å². The van der Waals surface area contributed by atoms with Crippen molar-refractivity contribution in [2.75, 3.05) is 12.8 Å². The van der Waals surface area contributed by atoms with Crippen LogP contribution in [0.25, 0.3) is 22.3 Å². The molecular weight excluding hydrogens is 478 g/mol. The fourth-order valence-electron chi connectivity index (χ4n) is 5.28. The molecule has 0 spiro atoms. The maximum atomic E-state index is 12.7. The number of benzene rings is 2. The SMILES string of the molecule is CNC(C(=O)NC1CCC(n2nc(-c3ccc(Oc4ccccc4)cc3)c3c(N)ncnc32)CC1)C(C)C. The van der Waals surface area contributed by atoms with Crippen molar-refractivity contribution in [2.45, 2.75) is 57.7 Å². The van der Waals surface area contributed by atoms with Gasteiger partial charge in [-0.05, 0) is 75.0 Å². The minimum atomic E-state index is -0.186. The third-order valence-electron chi connectivity index (χ3n) is 7.27. The smallest absolute Gasteiger partial charge is 0.237 e. The lowest BCUT2D eigenvalue weighted by atomic mass is 9.90. The van der Waals surface area contributed by atoms with Gasteiger partial charge in [0.05, 0.1) is 17.5 Å². The highest BCUT2D eigenvalue weighted by Gasteiger charge is 2.29. The lowest BCUT2D eigenvalue weighted by Crippen LogP contribution is -2.50. The van der Waals surface area contributed by atoms with Gasteiger partial charge < -0.3 is 21.1 Å². The Labute approximate surface area is 222 Å². The Morgan fingerprint density at radius 2 is 1.68 bits per heavy atom. The molecule has 1 aliphatic rings. The van der Waals surface area contributed by atoms with E-state index in [9.17, 15) is 4.79 Å². The molecule has 9 heteroatoms. The second kappa shape index (κ2) is 11.2. The monoisotopic (exact) mass is 513 g/mol. The Hall–Kier alpha value is -3.98. The summed E-state index contributed by atoms with van der Waals surface area (Å²) in [7, 11) is 1.83. The van der Waals surface area contributed by atoms with Crippen LogP contribution in [0.2, 0.25) is 0 Å². The molecule has 1 amide bonds. The third kappa shape index (κ3) is 5.33. The Bertz CT molecular complexity index is 1380. The molecule has 38 heavy (non-hydrogen) atoms. The average Bonchev–Trinajstić information content (AvgIpc) is 3.31. The van der Waals surface area contributed by atoms with E-state index in [1.165, 1.54) is 6.33 Å². The van der Waals surface area contributed by atoms with Gasteiger partial charge >= 0.3 is 0 Å². The van der Waals surface area contributed by atoms with Crippen LogP contribution >= 0.6 is 0 Å². The summed E-state index contributed by atoms with van der Waals surface area (Å²) in [6, 6.07) is 17.6. The first kappa shape index (κ1) is 25.7. The van der Waals surface area contributed by atoms with Crippen LogP contribution in [0.3, 0.4) is 0 Å². The third-order valence-corrected chi connectivity index (χ3v) is 7.27. The summed E-state index contributed by atoms with van der Waals surface area (Å²) in [5, 5.41) is 12.1. The number of likely N-dealkylation sites (N-methyl/N-ethyl adjacent to an activating group) is 1. The zero-order chi connectivity index (χ0) is 26.6. The van der Waals surface area contributed by atoms with Gasteiger partial charge in [0.15, 0.2) is 5.65 Å².